The molecule has 0 atom stereocenters. The Morgan fingerprint density at radius 1 is 1.09 bits per heavy atom. The van der Waals surface area contributed by atoms with Crippen LogP contribution in [0.25, 0.3) is 5.82 Å². The van der Waals surface area contributed by atoms with Gasteiger partial charge in [0.05, 0.1) is 16.8 Å². The average molecular weight is 457 g/mol. The number of halogens is 3. The van der Waals surface area contributed by atoms with Crippen LogP contribution in [0.4, 0.5) is 18.3 Å². The van der Waals surface area contributed by atoms with Crippen molar-refractivity contribution in [2.45, 2.75) is 26.4 Å². The third-order valence-electron chi connectivity index (χ3n) is 4.64. The number of nitrogens with one attached hydrogen (secondary N) is 1. The Morgan fingerprint density at radius 2 is 1.91 bits per heavy atom. The Bertz CT molecular complexity index is 1260. The number of alkyl halides is 3. The van der Waals surface area contributed by atoms with Crippen LogP contribution >= 0.6 is 11.3 Å². The number of carbonyl (C=O) groups is 1. The Balaban J connectivity index is 1.42. The van der Waals surface area contributed by atoms with E-state index in [9.17, 15) is 18.0 Å². The molecule has 1 N–H and O–H groups in total. The van der Waals surface area contributed by atoms with Gasteiger partial charge in [0, 0.05) is 29.4 Å². The Kier molecular flexibility index (Phi) is 5.79. The van der Waals surface area contributed by atoms with Crippen molar-refractivity contribution in [3.8, 4) is 5.82 Å². The molecule has 32 heavy (non-hydrogen) atoms. The molecule has 0 radical (unpaired) electrons. The summed E-state index contributed by atoms with van der Waals surface area (Å²) in [6, 6.07) is 10.4. The minimum absolute atomic E-state index is 0.288. The molecule has 3 heterocycles. The molecule has 1 amide bonds. The number of nitrogens with zero attached hydrogens (tertiary/aromatic N) is 4. The van der Waals surface area contributed by atoms with E-state index in [1.165, 1.54) is 23.6 Å². The van der Waals surface area contributed by atoms with Crippen LogP contribution in [0, 0.1) is 13.8 Å². The van der Waals surface area contributed by atoms with Gasteiger partial charge in [0.15, 0.2) is 10.9 Å². The lowest BCUT2D eigenvalue weighted by Gasteiger charge is -2.07. The fraction of sp³-hybridized carbons (Fsp3) is 0.182. The highest BCUT2D eigenvalue weighted by Crippen LogP contribution is 2.30. The van der Waals surface area contributed by atoms with Gasteiger partial charge in [0.25, 0.3) is 5.91 Å². The van der Waals surface area contributed by atoms with Gasteiger partial charge in [0.2, 0.25) is 0 Å². The predicted octanol–water partition coefficient (Wildman–Crippen LogP) is 5.20. The van der Waals surface area contributed by atoms with Crippen LogP contribution in [-0.4, -0.2) is 25.7 Å². The maximum absolute atomic E-state index is 12.9. The summed E-state index contributed by atoms with van der Waals surface area (Å²) in [6.07, 6.45) is -1.10. The summed E-state index contributed by atoms with van der Waals surface area (Å²) >= 11 is 1.21. The van der Waals surface area contributed by atoms with Crippen molar-refractivity contribution in [1.29, 1.82) is 0 Å². The van der Waals surface area contributed by atoms with Crippen LogP contribution in [0.1, 0.15) is 37.7 Å². The molecule has 4 aromatic rings. The second kappa shape index (κ2) is 8.54. The van der Waals surface area contributed by atoms with Crippen molar-refractivity contribution >= 4 is 22.4 Å². The second-order valence-electron chi connectivity index (χ2n) is 7.20. The molecule has 0 aliphatic heterocycles. The highest BCUT2D eigenvalue weighted by molar-refractivity contribution is 7.15. The van der Waals surface area contributed by atoms with Crippen molar-refractivity contribution in [2.75, 3.05) is 5.32 Å². The molecule has 0 saturated heterocycles. The van der Waals surface area contributed by atoms with Crippen LogP contribution in [0.15, 0.2) is 54.9 Å². The molecule has 6 nitrogen and oxygen atoms in total. The highest BCUT2D eigenvalue weighted by atomic mass is 32.1. The minimum Gasteiger partial charge on any atom is -0.298 e. The van der Waals surface area contributed by atoms with Gasteiger partial charge in [-0.25, -0.2) is 14.6 Å². The molecule has 164 valence electrons. The van der Waals surface area contributed by atoms with E-state index in [2.05, 4.69) is 20.4 Å². The normalized spacial score (nSPS) is 11.5. The first-order chi connectivity index (χ1) is 15.2. The molecule has 0 fully saturated rings. The number of amides is 1. The number of thiazole rings is 1. The number of anilines is 1. The Labute approximate surface area is 185 Å². The maximum atomic E-state index is 12.9. The number of hydrogen-bond donors (Lipinski definition) is 1. The number of benzene rings is 1. The second-order valence-corrected chi connectivity index (χ2v) is 8.32. The average Bonchev–Trinajstić information content (AvgIpc) is 3.32. The molecule has 0 aliphatic rings. The van der Waals surface area contributed by atoms with E-state index in [1.54, 1.807) is 29.1 Å². The molecule has 0 spiro atoms. The van der Waals surface area contributed by atoms with Gasteiger partial charge in [0.1, 0.15) is 0 Å². The molecule has 0 aliphatic carbocycles. The van der Waals surface area contributed by atoms with Crippen molar-refractivity contribution < 1.29 is 18.0 Å². The summed E-state index contributed by atoms with van der Waals surface area (Å²) in [5.41, 5.74) is 1.98. The Hall–Kier alpha value is -3.53. The number of pyridine rings is 1. The first-order valence-corrected chi connectivity index (χ1v) is 10.4. The summed E-state index contributed by atoms with van der Waals surface area (Å²) in [6.45, 7) is 3.81. The first-order valence-electron chi connectivity index (χ1n) is 9.61. The molecule has 10 heteroatoms. The zero-order chi connectivity index (χ0) is 22.9. The van der Waals surface area contributed by atoms with Crippen molar-refractivity contribution in [2.24, 2.45) is 0 Å². The van der Waals surface area contributed by atoms with E-state index in [-0.39, 0.29) is 12.3 Å². The van der Waals surface area contributed by atoms with E-state index in [0.29, 0.717) is 22.1 Å². The highest BCUT2D eigenvalue weighted by Gasteiger charge is 2.30. The van der Waals surface area contributed by atoms with Crippen LogP contribution in [0.2, 0.25) is 0 Å². The minimum atomic E-state index is -4.39. The zero-order valence-electron chi connectivity index (χ0n) is 17.1. The lowest BCUT2D eigenvalue weighted by Crippen LogP contribution is -2.12. The van der Waals surface area contributed by atoms with Gasteiger partial charge in [-0.1, -0.05) is 18.2 Å². The van der Waals surface area contributed by atoms with Crippen LogP contribution < -0.4 is 5.32 Å². The molecule has 1 aromatic carbocycles. The van der Waals surface area contributed by atoms with Gasteiger partial charge < -0.3 is 0 Å². The van der Waals surface area contributed by atoms with Crippen LogP contribution in [-0.2, 0) is 12.6 Å². The summed E-state index contributed by atoms with van der Waals surface area (Å²) in [4.78, 5) is 21.7. The van der Waals surface area contributed by atoms with E-state index >= 15 is 0 Å². The monoisotopic (exact) mass is 457 g/mol. The topological polar surface area (TPSA) is 72.7 Å². The summed E-state index contributed by atoms with van der Waals surface area (Å²) < 4.78 is 40.4. The number of aromatic nitrogens is 4. The smallest absolute Gasteiger partial charge is 0.298 e. The molecular formula is C22H18F3N5OS. The maximum Gasteiger partial charge on any atom is 0.416 e. The zero-order valence-corrected chi connectivity index (χ0v) is 18.0. The standard InChI is InChI=1S/C22H18F3N5OS/c1-13-8-14(2)30(29-13)19-7-6-16(11-26-19)20(31)28-21-27-12-18(32-21)10-15-4-3-5-17(9-15)22(23,24)25/h3-9,11-12H,10H2,1-2H3,(H,27,28,31). The molecule has 3 aromatic heterocycles. The lowest BCUT2D eigenvalue weighted by atomic mass is 10.1. The first kappa shape index (κ1) is 21.7. The number of rotatable bonds is 5. The molecule has 4 rings (SSSR count). The summed E-state index contributed by atoms with van der Waals surface area (Å²) in [5, 5.41) is 7.42. The summed E-state index contributed by atoms with van der Waals surface area (Å²) in [5.74, 6) is 0.224. The predicted molar refractivity (Wildman–Crippen MR) is 115 cm³/mol. The van der Waals surface area contributed by atoms with Crippen molar-refractivity contribution in [1.82, 2.24) is 19.7 Å². The van der Waals surface area contributed by atoms with Gasteiger partial charge >= 0.3 is 6.18 Å². The van der Waals surface area contributed by atoms with Gasteiger partial charge in [-0.3, -0.25) is 10.1 Å². The van der Waals surface area contributed by atoms with Gasteiger partial charge in [-0.15, -0.1) is 11.3 Å². The van der Waals surface area contributed by atoms with Crippen molar-refractivity contribution in [3.05, 3.63) is 87.8 Å². The third-order valence-corrected chi connectivity index (χ3v) is 5.56. The van der Waals surface area contributed by atoms with E-state index in [0.717, 1.165) is 28.4 Å². The lowest BCUT2D eigenvalue weighted by molar-refractivity contribution is -0.137. The SMILES string of the molecule is Cc1cc(C)n(-c2ccc(C(=O)Nc3ncc(Cc4cccc(C(F)(F)F)c4)s3)cn2)n1. The third kappa shape index (κ3) is 4.86. The van der Waals surface area contributed by atoms with E-state index in [1.807, 2.05) is 19.9 Å². The van der Waals surface area contributed by atoms with Crippen molar-refractivity contribution in [3.63, 3.8) is 0 Å². The number of hydrogen-bond acceptors (Lipinski definition) is 5. The Morgan fingerprint density at radius 3 is 2.56 bits per heavy atom. The van der Waals surface area contributed by atoms with Crippen LogP contribution in [0.5, 0.6) is 0 Å². The number of carbonyl (C=O) groups excluding carboxylic acids is 1. The molecular weight excluding hydrogens is 439 g/mol. The quantitative estimate of drug-likeness (QED) is 0.447. The molecule has 0 saturated carbocycles. The fourth-order valence-electron chi connectivity index (χ4n) is 3.18. The molecule has 0 bridgehead atoms. The summed E-state index contributed by atoms with van der Waals surface area (Å²) in [7, 11) is 0. The number of aryl methyl sites for hydroxylation is 2. The van der Waals surface area contributed by atoms with E-state index in [4.69, 9.17) is 0 Å². The molecule has 0 unspecified atom stereocenters. The van der Waals surface area contributed by atoms with Crippen LogP contribution in [0.3, 0.4) is 0 Å². The van der Waals surface area contributed by atoms with Gasteiger partial charge in [-0.05, 0) is 43.7 Å². The van der Waals surface area contributed by atoms with Gasteiger partial charge in [-0.2, -0.15) is 18.3 Å². The van der Waals surface area contributed by atoms with E-state index < -0.39 is 11.7 Å². The fourth-order valence-corrected chi connectivity index (χ4v) is 4.02. The largest absolute Gasteiger partial charge is 0.416 e.